The molecule has 1 fully saturated rings. The van der Waals surface area contributed by atoms with E-state index in [1.165, 1.54) is 16.7 Å². The zero-order valence-corrected chi connectivity index (χ0v) is 11.6. The van der Waals surface area contributed by atoms with Gasteiger partial charge in [0.25, 0.3) is 15.2 Å². The Balaban J connectivity index is 2.14. The maximum Gasteiger partial charge on any atom is 0.324 e. The van der Waals surface area contributed by atoms with E-state index in [0.29, 0.717) is 10.7 Å². The molecule has 1 aliphatic carbocycles. The molecule has 0 atom stereocenters. The molecule has 2 aromatic rings. The predicted octanol–water partition coefficient (Wildman–Crippen LogP) is 0.897. The third-order valence-corrected chi connectivity index (χ3v) is 4.64. The quantitative estimate of drug-likeness (QED) is 0.658. The highest BCUT2D eigenvalue weighted by Crippen LogP contribution is 2.41. The van der Waals surface area contributed by atoms with E-state index in [1.807, 2.05) is 0 Å². The second kappa shape index (κ2) is 4.33. The first kappa shape index (κ1) is 13.1. The van der Waals surface area contributed by atoms with Crippen molar-refractivity contribution in [2.75, 3.05) is 0 Å². The number of primary sulfonamides is 1. The molecule has 0 saturated heterocycles. The lowest BCUT2D eigenvalue weighted by molar-refractivity contribution is -0.380. The first-order valence-electron chi connectivity index (χ1n) is 5.60. The Kier molecular flexibility index (Phi) is 2.84. The van der Waals surface area contributed by atoms with Gasteiger partial charge >= 0.3 is 5.00 Å². The van der Waals surface area contributed by atoms with E-state index in [4.69, 9.17) is 5.14 Å². The summed E-state index contributed by atoms with van der Waals surface area (Å²) in [6, 6.07) is 2.86. The van der Waals surface area contributed by atoms with Gasteiger partial charge in [-0.25, -0.2) is 13.6 Å². The summed E-state index contributed by atoms with van der Waals surface area (Å²) in [6.07, 6.45) is 1.61. The Morgan fingerprint density at radius 2 is 2.10 bits per heavy atom. The zero-order valence-electron chi connectivity index (χ0n) is 9.96. The van der Waals surface area contributed by atoms with Gasteiger partial charge in [0, 0.05) is 12.1 Å². The van der Waals surface area contributed by atoms with E-state index in [9.17, 15) is 18.5 Å². The van der Waals surface area contributed by atoms with Crippen molar-refractivity contribution in [2.45, 2.75) is 24.0 Å². The summed E-state index contributed by atoms with van der Waals surface area (Å²) >= 11 is 0.919. The van der Waals surface area contributed by atoms with Crippen LogP contribution in [0.5, 0.6) is 0 Å². The molecule has 2 aromatic heterocycles. The van der Waals surface area contributed by atoms with Gasteiger partial charge in [-0.3, -0.25) is 14.7 Å². The third-order valence-electron chi connectivity index (χ3n) is 2.82. The average molecular weight is 315 g/mol. The van der Waals surface area contributed by atoms with Crippen molar-refractivity contribution in [3.8, 4) is 10.7 Å². The highest BCUT2D eigenvalue weighted by Gasteiger charge is 2.34. The Hall–Kier alpha value is -1.85. The Morgan fingerprint density at radius 1 is 1.40 bits per heavy atom. The number of rotatable bonds is 4. The highest BCUT2D eigenvalue weighted by molar-refractivity contribution is 7.89. The van der Waals surface area contributed by atoms with Crippen LogP contribution in [0.15, 0.2) is 17.3 Å². The second-order valence-electron chi connectivity index (χ2n) is 4.35. The number of nitrogens with two attached hydrogens (primary N) is 1. The van der Waals surface area contributed by atoms with Crippen LogP contribution in [0.2, 0.25) is 0 Å². The minimum atomic E-state index is -3.98. The van der Waals surface area contributed by atoms with Gasteiger partial charge in [0.1, 0.15) is 0 Å². The van der Waals surface area contributed by atoms with E-state index in [0.717, 1.165) is 24.2 Å². The van der Waals surface area contributed by atoms with Crippen LogP contribution in [0.4, 0.5) is 5.00 Å². The lowest BCUT2D eigenvalue weighted by Crippen LogP contribution is -2.18. The average Bonchev–Trinajstić information content (AvgIpc) is 2.92. The minimum absolute atomic E-state index is 0.0190. The molecule has 1 saturated carbocycles. The zero-order chi connectivity index (χ0) is 14.5. The summed E-state index contributed by atoms with van der Waals surface area (Å²) in [6.45, 7) is 0. The van der Waals surface area contributed by atoms with Gasteiger partial charge in [-0.05, 0) is 18.9 Å². The number of nitro groups is 1. The van der Waals surface area contributed by atoms with Crippen LogP contribution in [0.3, 0.4) is 0 Å². The third kappa shape index (κ3) is 2.19. The first-order chi connectivity index (χ1) is 9.38. The van der Waals surface area contributed by atoms with Gasteiger partial charge < -0.3 is 0 Å². The fraction of sp³-hybridized carbons (Fsp3) is 0.333. The van der Waals surface area contributed by atoms with Gasteiger partial charge in [-0.1, -0.05) is 11.3 Å². The number of aromatic nitrogens is 3. The number of thiophene rings is 1. The molecular weight excluding hydrogens is 306 g/mol. The minimum Gasteiger partial charge on any atom is -0.293 e. The van der Waals surface area contributed by atoms with Crippen molar-refractivity contribution in [2.24, 2.45) is 5.14 Å². The number of hydrogen-bond acceptors (Lipinski definition) is 7. The molecule has 2 heterocycles. The van der Waals surface area contributed by atoms with E-state index in [1.54, 1.807) is 0 Å². The fourth-order valence-corrected chi connectivity index (χ4v) is 3.31. The molecule has 20 heavy (non-hydrogen) atoms. The number of hydrogen-bond donors (Lipinski definition) is 1. The van der Waals surface area contributed by atoms with E-state index < -0.39 is 14.9 Å². The molecule has 1 aliphatic rings. The van der Waals surface area contributed by atoms with Crippen LogP contribution in [-0.4, -0.2) is 28.1 Å². The summed E-state index contributed by atoms with van der Waals surface area (Å²) in [4.78, 5) is 10.7. The van der Waals surface area contributed by atoms with E-state index in [-0.39, 0.29) is 16.2 Å². The van der Waals surface area contributed by atoms with Crippen molar-refractivity contribution in [3.05, 3.63) is 22.2 Å². The molecule has 0 aromatic carbocycles. The molecule has 0 radical (unpaired) electrons. The molecule has 0 unspecified atom stereocenters. The van der Waals surface area contributed by atoms with Crippen LogP contribution < -0.4 is 5.14 Å². The smallest absolute Gasteiger partial charge is 0.293 e. The molecule has 106 valence electrons. The molecule has 0 aliphatic heterocycles. The molecule has 3 rings (SSSR count). The summed E-state index contributed by atoms with van der Waals surface area (Å²) in [5.41, 5.74) is 0. The first-order valence-corrected chi connectivity index (χ1v) is 7.96. The largest absolute Gasteiger partial charge is 0.324 e. The number of nitrogens with zero attached hydrogens (tertiary/aromatic N) is 4. The van der Waals surface area contributed by atoms with Crippen molar-refractivity contribution in [1.82, 2.24) is 14.8 Å². The Morgan fingerprint density at radius 3 is 2.60 bits per heavy atom. The SMILES string of the molecule is NS(=O)(=O)c1nnc(-c2ccc([N+](=O)[O-])s2)n1C1CC1. The van der Waals surface area contributed by atoms with Crippen molar-refractivity contribution in [3.63, 3.8) is 0 Å². The van der Waals surface area contributed by atoms with Crippen LogP contribution in [0.1, 0.15) is 18.9 Å². The fourth-order valence-electron chi connectivity index (χ4n) is 1.85. The lowest BCUT2D eigenvalue weighted by atomic mass is 10.4. The van der Waals surface area contributed by atoms with Crippen molar-refractivity contribution in [1.29, 1.82) is 0 Å². The molecule has 11 heteroatoms. The van der Waals surface area contributed by atoms with Crippen LogP contribution in [0, 0.1) is 10.1 Å². The normalized spacial score (nSPS) is 15.4. The monoisotopic (exact) mass is 315 g/mol. The Labute approximate surface area is 117 Å². The van der Waals surface area contributed by atoms with Gasteiger partial charge in [0.05, 0.1) is 9.80 Å². The molecule has 0 spiro atoms. The van der Waals surface area contributed by atoms with Gasteiger partial charge in [0.15, 0.2) is 5.82 Å². The molecule has 9 nitrogen and oxygen atoms in total. The van der Waals surface area contributed by atoms with E-state index in [2.05, 4.69) is 10.2 Å². The van der Waals surface area contributed by atoms with Crippen LogP contribution >= 0.6 is 11.3 Å². The lowest BCUT2D eigenvalue weighted by Gasteiger charge is -2.05. The van der Waals surface area contributed by atoms with Crippen LogP contribution in [0.25, 0.3) is 10.7 Å². The summed E-state index contributed by atoms with van der Waals surface area (Å²) in [7, 11) is -3.98. The maximum absolute atomic E-state index is 11.5. The highest BCUT2D eigenvalue weighted by atomic mass is 32.2. The predicted molar refractivity (Wildman–Crippen MR) is 69.6 cm³/mol. The summed E-state index contributed by atoms with van der Waals surface area (Å²) < 4.78 is 24.4. The Bertz CT molecular complexity index is 789. The van der Waals surface area contributed by atoms with Crippen molar-refractivity contribution >= 4 is 26.4 Å². The van der Waals surface area contributed by atoms with Crippen LogP contribution in [-0.2, 0) is 10.0 Å². The standard InChI is InChI=1S/C9H9N5O4S2/c10-20(17,18)9-12-11-8(13(9)5-1-2-5)6-3-4-7(19-6)14(15)16/h3-5H,1-2H2,(H2,10,17,18). The second-order valence-corrected chi connectivity index (χ2v) is 6.86. The van der Waals surface area contributed by atoms with Gasteiger partial charge in [-0.15, -0.1) is 10.2 Å². The molecule has 2 N–H and O–H groups in total. The molecular formula is C9H9N5O4S2. The topological polar surface area (TPSA) is 134 Å². The summed E-state index contributed by atoms with van der Waals surface area (Å²) in [5, 5.41) is 22.9. The summed E-state index contributed by atoms with van der Waals surface area (Å²) in [5.74, 6) is 0.301. The van der Waals surface area contributed by atoms with E-state index >= 15 is 0 Å². The molecule has 0 bridgehead atoms. The van der Waals surface area contributed by atoms with Crippen molar-refractivity contribution < 1.29 is 13.3 Å². The number of sulfonamides is 1. The maximum atomic E-state index is 11.5. The van der Waals surface area contributed by atoms with Gasteiger partial charge in [-0.2, -0.15) is 0 Å². The molecule has 0 amide bonds. The van der Waals surface area contributed by atoms with Gasteiger partial charge in [0.2, 0.25) is 0 Å².